The van der Waals surface area contributed by atoms with Gasteiger partial charge in [0, 0.05) is 5.54 Å². The molecule has 0 heterocycles. The number of hydrogen-bond acceptors (Lipinski definition) is 1. The first kappa shape index (κ1) is 14.6. The molecule has 1 aromatic carbocycles. The summed E-state index contributed by atoms with van der Waals surface area (Å²) in [7, 11) is 0. The molecule has 3 unspecified atom stereocenters. The molecule has 1 nitrogen and oxygen atoms in total. The highest BCUT2D eigenvalue weighted by atomic mass is 14.8. The van der Waals surface area contributed by atoms with E-state index >= 15 is 0 Å². The molecule has 1 aliphatic carbocycles. The summed E-state index contributed by atoms with van der Waals surface area (Å²) >= 11 is 0. The molecule has 1 aliphatic rings. The van der Waals surface area contributed by atoms with Gasteiger partial charge in [-0.05, 0) is 68.9 Å². The van der Waals surface area contributed by atoms with Gasteiger partial charge in [0.1, 0.15) is 0 Å². The van der Waals surface area contributed by atoms with E-state index in [0.29, 0.717) is 5.92 Å². The molecule has 1 saturated carbocycles. The van der Waals surface area contributed by atoms with Gasteiger partial charge in [-0.3, -0.25) is 0 Å². The number of hydrogen-bond donors (Lipinski definition) is 1. The lowest BCUT2D eigenvalue weighted by Crippen LogP contribution is -2.45. The van der Waals surface area contributed by atoms with Crippen LogP contribution in [-0.4, -0.2) is 0 Å². The molecule has 0 radical (unpaired) electrons. The highest BCUT2D eigenvalue weighted by Crippen LogP contribution is 2.42. The summed E-state index contributed by atoms with van der Waals surface area (Å²) in [6.45, 7) is 11.3. The Morgan fingerprint density at radius 2 is 1.63 bits per heavy atom. The van der Waals surface area contributed by atoms with Crippen molar-refractivity contribution in [2.24, 2.45) is 23.5 Å². The number of nitrogens with two attached hydrogens (primary N) is 1. The van der Waals surface area contributed by atoms with Crippen molar-refractivity contribution in [1.82, 2.24) is 0 Å². The Balaban J connectivity index is 2.32. The fourth-order valence-electron chi connectivity index (χ4n) is 3.97. The summed E-state index contributed by atoms with van der Waals surface area (Å²) in [6, 6.07) is 6.69. The van der Waals surface area contributed by atoms with Crippen LogP contribution in [0.5, 0.6) is 0 Å². The van der Waals surface area contributed by atoms with Crippen LogP contribution in [0.1, 0.15) is 56.7 Å². The van der Waals surface area contributed by atoms with Gasteiger partial charge in [-0.25, -0.2) is 0 Å². The number of benzene rings is 1. The first-order chi connectivity index (χ1) is 8.80. The molecular formula is C18H29N. The van der Waals surface area contributed by atoms with Crippen LogP contribution in [0.4, 0.5) is 0 Å². The van der Waals surface area contributed by atoms with Crippen molar-refractivity contribution >= 4 is 0 Å². The van der Waals surface area contributed by atoms with E-state index in [0.717, 1.165) is 11.8 Å². The fourth-order valence-corrected chi connectivity index (χ4v) is 3.97. The van der Waals surface area contributed by atoms with Crippen LogP contribution in [-0.2, 0) is 5.54 Å². The van der Waals surface area contributed by atoms with Crippen LogP contribution in [0.15, 0.2) is 18.2 Å². The normalized spacial score (nSPS) is 30.9. The van der Waals surface area contributed by atoms with Crippen molar-refractivity contribution in [2.45, 2.75) is 59.4 Å². The van der Waals surface area contributed by atoms with Crippen molar-refractivity contribution in [3.05, 3.63) is 34.9 Å². The fraction of sp³-hybridized carbons (Fsp3) is 0.667. The van der Waals surface area contributed by atoms with Crippen LogP contribution in [0.2, 0.25) is 0 Å². The highest BCUT2D eigenvalue weighted by molar-refractivity contribution is 5.36. The van der Waals surface area contributed by atoms with Gasteiger partial charge in [0.2, 0.25) is 0 Å². The first-order valence-corrected chi connectivity index (χ1v) is 7.67. The Labute approximate surface area is 118 Å². The first-order valence-electron chi connectivity index (χ1n) is 7.67. The third-order valence-electron chi connectivity index (χ3n) is 5.00. The quantitative estimate of drug-likeness (QED) is 0.828. The Morgan fingerprint density at radius 1 is 1.05 bits per heavy atom. The summed E-state index contributed by atoms with van der Waals surface area (Å²) in [5.74, 6) is 2.22. The van der Waals surface area contributed by atoms with E-state index in [1.54, 1.807) is 0 Å². The zero-order valence-corrected chi connectivity index (χ0v) is 13.2. The van der Waals surface area contributed by atoms with E-state index in [4.69, 9.17) is 5.73 Å². The molecule has 0 bridgehead atoms. The van der Waals surface area contributed by atoms with Crippen molar-refractivity contribution in [1.29, 1.82) is 0 Å². The van der Waals surface area contributed by atoms with E-state index in [9.17, 15) is 0 Å². The van der Waals surface area contributed by atoms with E-state index in [1.165, 1.54) is 36.0 Å². The monoisotopic (exact) mass is 259 g/mol. The van der Waals surface area contributed by atoms with Gasteiger partial charge in [-0.1, -0.05) is 37.6 Å². The van der Waals surface area contributed by atoms with Crippen LogP contribution in [0.3, 0.4) is 0 Å². The maximum absolute atomic E-state index is 6.81. The maximum atomic E-state index is 6.81. The summed E-state index contributed by atoms with van der Waals surface area (Å²) in [6.07, 6.45) is 3.90. The molecule has 2 rings (SSSR count). The van der Waals surface area contributed by atoms with Gasteiger partial charge in [0.25, 0.3) is 0 Å². The van der Waals surface area contributed by atoms with Crippen LogP contribution in [0, 0.1) is 31.6 Å². The van der Waals surface area contributed by atoms with E-state index in [2.05, 4.69) is 52.8 Å². The molecule has 0 aliphatic heterocycles. The predicted molar refractivity (Wildman–Crippen MR) is 83.1 cm³/mol. The molecule has 3 atom stereocenters. The molecule has 19 heavy (non-hydrogen) atoms. The Kier molecular flexibility index (Phi) is 4.06. The second-order valence-corrected chi connectivity index (χ2v) is 7.22. The van der Waals surface area contributed by atoms with Crippen molar-refractivity contribution in [3.8, 4) is 0 Å². The third kappa shape index (κ3) is 3.02. The maximum Gasteiger partial charge on any atom is 0.0412 e. The van der Waals surface area contributed by atoms with Gasteiger partial charge >= 0.3 is 0 Å². The van der Waals surface area contributed by atoms with Gasteiger partial charge in [-0.15, -0.1) is 0 Å². The minimum atomic E-state index is -0.195. The Morgan fingerprint density at radius 3 is 2.21 bits per heavy atom. The molecule has 0 amide bonds. The molecule has 2 N–H and O–H groups in total. The van der Waals surface area contributed by atoms with Gasteiger partial charge in [-0.2, -0.15) is 0 Å². The summed E-state index contributed by atoms with van der Waals surface area (Å²) in [5, 5.41) is 0. The van der Waals surface area contributed by atoms with Crippen LogP contribution < -0.4 is 5.73 Å². The molecule has 106 valence electrons. The average molecular weight is 259 g/mol. The van der Waals surface area contributed by atoms with Crippen LogP contribution in [0.25, 0.3) is 0 Å². The molecular weight excluding hydrogens is 230 g/mol. The molecule has 0 spiro atoms. The second kappa shape index (κ2) is 5.28. The lowest BCUT2D eigenvalue weighted by molar-refractivity contribution is 0.144. The average Bonchev–Trinajstić information content (AvgIpc) is 2.31. The van der Waals surface area contributed by atoms with Gasteiger partial charge in [0.05, 0.1) is 0 Å². The standard InChI is InChI=1S/C18H29N/c1-12-6-7-15(4)17(11-12)18(5,19)16-9-13(2)8-14(3)10-16/h6-7,11,13-14,16H,8-10,19H2,1-5H3. The van der Waals surface area contributed by atoms with Crippen molar-refractivity contribution < 1.29 is 0 Å². The van der Waals surface area contributed by atoms with Gasteiger partial charge in [0.15, 0.2) is 0 Å². The largest absolute Gasteiger partial charge is 0.321 e. The lowest BCUT2D eigenvalue weighted by Gasteiger charge is -2.42. The third-order valence-corrected chi connectivity index (χ3v) is 5.00. The smallest absolute Gasteiger partial charge is 0.0412 e. The highest BCUT2D eigenvalue weighted by Gasteiger charge is 2.37. The SMILES string of the molecule is Cc1ccc(C)c(C(C)(N)C2CC(C)CC(C)C2)c1. The topological polar surface area (TPSA) is 26.0 Å². The summed E-state index contributed by atoms with van der Waals surface area (Å²) in [4.78, 5) is 0. The van der Waals surface area contributed by atoms with Crippen molar-refractivity contribution in [3.63, 3.8) is 0 Å². The number of aryl methyl sites for hydroxylation is 2. The second-order valence-electron chi connectivity index (χ2n) is 7.22. The van der Waals surface area contributed by atoms with E-state index < -0.39 is 0 Å². The lowest BCUT2D eigenvalue weighted by atomic mass is 9.66. The number of rotatable bonds is 2. The van der Waals surface area contributed by atoms with Gasteiger partial charge < -0.3 is 5.73 Å². The molecule has 0 aromatic heterocycles. The van der Waals surface area contributed by atoms with Crippen LogP contribution >= 0.6 is 0 Å². The zero-order chi connectivity index (χ0) is 14.2. The zero-order valence-electron chi connectivity index (χ0n) is 13.2. The Hall–Kier alpha value is -0.820. The molecule has 1 heteroatoms. The minimum Gasteiger partial charge on any atom is -0.321 e. The minimum absolute atomic E-state index is 0.195. The summed E-state index contributed by atoms with van der Waals surface area (Å²) in [5.41, 5.74) is 10.6. The summed E-state index contributed by atoms with van der Waals surface area (Å²) < 4.78 is 0. The molecule has 0 saturated heterocycles. The van der Waals surface area contributed by atoms with E-state index in [-0.39, 0.29) is 5.54 Å². The Bertz CT molecular complexity index is 437. The molecule has 1 fully saturated rings. The van der Waals surface area contributed by atoms with Crippen molar-refractivity contribution in [2.75, 3.05) is 0 Å². The molecule has 1 aromatic rings. The predicted octanol–water partition coefficient (Wildman–Crippen LogP) is 4.55. The van der Waals surface area contributed by atoms with E-state index in [1.807, 2.05) is 0 Å².